The summed E-state index contributed by atoms with van der Waals surface area (Å²) in [5.41, 5.74) is 0. The van der Waals surface area contributed by atoms with Gasteiger partial charge in [-0.2, -0.15) is 0 Å². The molecule has 1 N–H and O–H groups in total. The van der Waals surface area contributed by atoms with Crippen molar-refractivity contribution in [3.8, 4) is 0 Å². The third-order valence-electron chi connectivity index (χ3n) is 4.04. The second-order valence-corrected chi connectivity index (χ2v) is 8.49. The Labute approximate surface area is 111 Å². The fraction of sp³-hybridized carbons (Fsp3) is 1.00. The summed E-state index contributed by atoms with van der Waals surface area (Å²) in [7, 11) is -2.79. The lowest BCUT2D eigenvalue weighted by Gasteiger charge is -2.36. The van der Waals surface area contributed by atoms with Crippen LogP contribution in [0.3, 0.4) is 0 Å². The Balaban J connectivity index is 1.77. The maximum Gasteiger partial charge on any atom is 0.153 e. The Morgan fingerprint density at radius 2 is 1.89 bits per heavy atom. The first kappa shape index (κ1) is 14.3. The predicted molar refractivity (Wildman–Crippen MR) is 74.4 cm³/mol. The Kier molecular flexibility index (Phi) is 4.67. The van der Waals surface area contributed by atoms with E-state index in [1.165, 1.54) is 19.5 Å². The molecule has 18 heavy (non-hydrogen) atoms. The number of hydrogen-bond donors (Lipinski definition) is 1. The zero-order valence-corrected chi connectivity index (χ0v) is 12.4. The van der Waals surface area contributed by atoms with Gasteiger partial charge in [-0.3, -0.25) is 0 Å². The molecule has 0 saturated carbocycles. The van der Waals surface area contributed by atoms with Gasteiger partial charge in [0.15, 0.2) is 9.84 Å². The molecule has 0 bridgehead atoms. The minimum absolute atomic E-state index is 0.163. The van der Waals surface area contributed by atoms with E-state index in [0.29, 0.717) is 18.1 Å². The number of nitrogens with one attached hydrogen (secondary N) is 1. The van der Waals surface area contributed by atoms with Crippen LogP contribution in [0.25, 0.3) is 0 Å². The number of likely N-dealkylation sites (tertiary alicyclic amines) is 1. The van der Waals surface area contributed by atoms with E-state index in [0.717, 1.165) is 24.8 Å². The summed E-state index contributed by atoms with van der Waals surface area (Å²) < 4.78 is 23.1. The molecule has 0 spiro atoms. The van der Waals surface area contributed by atoms with E-state index in [1.807, 2.05) is 0 Å². The first-order chi connectivity index (χ1) is 8.44. The molecule has 0 aliphatic carbocycles. The lowest BCUT2D eigenvalue weighted by atomic mass is 9.92. The molecule has 2 saturated heterocycles. The zero-order valence-electron chi connectivity index (χ0n) is 11.6. The summed E-state index contributed by atoms with van der Waals surface area (Å²) in [6.07, 6.45) is 2.28. The summed E-state index contributed by atoms with van der Waals surface area (Å²) in [6, 6.07) is 0.163. The smallest absolute Gasteiger partial charge is 0.153 e. The summed E-state index contributed by atoms with van der Waals surface area (Å²) in [5.74, 6) is 2.18. The van der Waals surface area contributed by atoms with E-state index in [4.69, 9.17) is 0 Å². The van der Waals surface area contributed by atoms with E-state index in [1.54, 1.807) is 0 Å². The molecule has 0 aromatic carbocycles. The van der Waals surface area contributed by atoms with E-state index in [-0.39, 0.29) is 6.04 Å². The fourth-order valence-corrected chi connectivity index (χ4v) is 4.86. The van der Waals surface area contributed by atoms with Crippen molar-refractivity contribution in [3.63, 3.8) is 0 Å². The van der Waals surface area contributed by atoms with Crippen molar-refractivity contribution in [1.29, 1.82) is 0 Å². The largest absolute Gasteiger partial charge is 0.312 e. The highest BCUT2D eigenvalue weighted by Crippen LogP contribution is 2.21. The molecule has 2 heterocycles. The van der Waals surface area contributed by atoms with Crippen LogP contribution in [0.4, 0.5) is 0 Å². The molecule has 3 atom stereocenters. The molecule has 2 aliphatic rings. The molecular weight excluding hydrogens is 248 g/mol. The second-order valence-electron chi connectivity index (χ2n) is 6.26. The van der Waals surface area contributed by atoms with Gasteiger partial charge in [0.05, 0.1) is 11.5 Å². The Hall–Kier alpha value is -0.130. The topological polar surface area (TPSA) is 49.4 Å². The molecule has 2 aliphatic heterocycles. The van der Waals surface area contributed by atoms with Crippen molar-refractivity contribution in [2.75, 3.05) is 37.7 Å². The van der Waals surface area contributed by atoms with Crippen molar-refractivity contribution in [2.45, 2.75) is 32.7 Å². The van der Waals surface area contributed by atoms with Gasteiger partial charge in [0, 0.05) is 25.7 Å². The lowest BCUT2D eigenvalue weighted by Crippen LogP contribution is -2.47. The molecule has 3 unspecified atom stereocenters. The van der Waals surface area contributed by atoms with Crippen molar-refractivity contribution < 1.29 is 8.42 Å². The van der Waals surface area contributed by atoms with Crippen LogP contribution in [0.5, 0.6) is 0 Å². The number of sulfone groups is 1. The second kappa shape index (κ2) is 5.88. The Bertz CT molecular complexity index is 359. The highest BCUT2D eigenvalue weighted by molar-refractivity contribution is 7.91. The van der Waals surface area contributed by atoms with Gasteiger partial charge in [0.2, 0.25) is 0 Å². The molecular formula is C13H26N2O2S. The van der Waals surface area contributed by atoms with E-state index in [9.17, 15) is 8.42 Å². The normalized spacial score (nSPS) is 37.6. The molecule has 4 nitrogen and oxygen atoms in total. The first-order valence-electron chi connectivity index (χ1n) is 7.11. The highest BCUT2D eigenvalue weighted by atomic mass is 32.2. The number of piperidine rings is 1. The minimum Gasteiger partial charge on any atom is -0.312 e. The molecule has 0 aromatic heterocycles. The maximum atomic E-state index is 11.6. The van der Waals surface area contributed by atoms with Crippen LogP contribution in [0.1, 0.15) is 26.7 Å². The average molecular weight is 274 g/mol. The zero-order chi connectivity index (χ0) is 13.2. The van der Waals surface area contributed by atoms with Crippen LogP contribution in [0, 0.1) is 11.8 Å². The van der Waals surface area contributed by atoms with Crippen LogP contribution in [0.15, 0.2) is 0 Å². The van der Waals surface area contributed by atoms with Crippen molar-refractivity contribution >= 4 is 9.84 Å². The lowest BCUT2D eigenvalue weighted by molar-refractivity contribution is 0.136. The Morgan fingerprint density at radius 1 is 1.22 bits per heavy atom. The van der Waals surface area contributed by atoms with E-state index in [2.05, 4.69) is 24.1 Å². The van der Waals surface area contributed by atoms with Crippen molar-refractivity contribution in [3.05, 3.63) is 0 Å². The van der Waals surface area contributed by atoms with Gasteiger partial charge < -0.3 is 10.2 Å². The van der Waals surface area contributed by atoms with Gasteiger partial charge in [-0.1, -0.05) is 13.8 Å². The predicted octanol–water partition coefficient (Wildman–Crippen LogP) is 0.741. The molecule has 0 aromatic rings. The van der Waals surface area contributed by atoms with Gasteiger partial charge in [-0.15, -0.1) is 0 Å². The third kappa shape index (κ3) is 4.21. The summed E-state index contributed by atoms with van der Waals surface area (Å²) in [4.78, 5) is 2.50. The van der Waals surface area contributed by atoms with Gasteiger partial charge in [0.1, 0.15) is 0 Å². The van der Waals surface area contributed by atoms with Gasteiger partial charge in [-0.25, -0.2) is 8.42 Å². The molecule has 0 radical (unpaired) electrons. The van der Waals surface area contributed by atoms with Gasteiger partial charge in [0.25, 0.3) is 0 Å². The quantitative estimate of drug-likeness (QED) is 0.825. The molecule has 2 fully saturated rings. The molecule has 0 amide bonds. The molecule has 5 heteroatoms. The fourth-order valence-electron chi connectivity index (χ4n) is 3.37. The van der Waals surface area contributed by atoms with Crippen LogP contribution >= 0.6 is 0 Å². The number of rotatable bonds is 3. The van der Waals surface area contributed by atoms with E-state index >= 15 is 0 Å². The first-order valence-corrected chi connectivity index (χ1v) is 8.93. The monoisotopic (exact) mass is 274 g/mol. The number of hydrogen-bond acceptors (Lipinski definition) is 4. The summed E-state index contributed by atoms with van der Waals surface area (Å²) >= 11 is 0. The van der Waals surface area contributed by atoms with Gasteiger partial charge >= 0.3 is 0 Å². The van der Waals surface area contributed by atoms with Crippen LogP contribution in [-0.2, 0) is 9.84 Å². The SMILES string of the molecule is CC1CC(C)CN(CCC2CS(=O)(=O)CCN2)C1. The van der Waals surface area contributed by atoms with Crippen LogP contribution in [0.2, 0.25) is 0 Å². The van der Waals surface area contributed by atoms with Crippen molar-refractivity contribution in [2.24, 2.45) is 11.8 Å². The summed E-state index contributed by atoms with van der Waals surface area (Å²) in [5, 5.41) is 3.33. The van der Waals surface area contributed by atoms with Gasteiger partial charge in [-0.05, 0) is 31.2 Å². The maximum absolute atomic E-state index is 11.6. The standard InChI is InChI=1S/C13H26N2O2S/c1-11-7-12(2)9-15(8-11)5-3-13-10-18(16,17)6-4-14-13/h11-14H,3-10H2,1-2H3. The van der Waals surface area contributed by atoms with E-state index < -0.39 is 9.84 Å². The minimum atomic E-state index is -2.79. The highest BCUT2D eigenvalue weighted by Gasteiger charge is 2.26. The summed E-state index contributed by atoms with van der Waals surface area (Å²) in [6.45, 7) is 8.62. The molecule has 106 valence electrons. The van der Waals surface area contributed by atoms with Crippen molar-refractivity contribution in [1.82, 2.24) is 10.2 Å². The Morgan fingerprint density at radius 3 is 2.50 bits per heavy atom. The third-order valence-corrected chi connectivity index (χ3v) is 5.78. The number of nitrogens with zero attached hydrogens (tertiary/aromatic N) is 1. The van der Waals surface area contributed by atoms with Crippen LogP contribution in [-0.4, -0.2) is 57.0 Å². The van der Waals surface area contributed by atoms with Crippen LogP contribution < -0.4 is 5.32 Å². The molecule has 2 rings (SSSR count). The average Bonchev–Trinajstić information content (AvgIpc) is 2.24.